The fourth-order valence-corrected chi connectivity index (χ4v) is 1.97. The molecule has 1 aromatic heterocycles. The average Bonchev–Trinajstić information content (AvgIpc) is 2.37. The van der Waals surface area contributed by atoms with Crippen LogP contribution < -0.4 is 11.3 Å². The third kappa shape index (κ3) is 2.39. The third-order valence-corrected chi connectivity index (χ3v) is 3.22. The van der Waals surface area contributed by atoms with E-state index in [1.807, 2.05) is 13.0 Å². The number of aromatic nitrogens is 2. The molecule has 3 N–H and O–H groups in total. The van der Waals surface area contributed by atoms with E-state index in [9.17, 15) is 0 Å². The van der Waals surface area contributed by atoms with Gasteiger partial charge < -0.3 is 0 Å². The van der Waals surface area contributed by atoms with Crippen molar-refractivity contribution in [2.75, 3.05) is 0 Å². The van der Waals surface area contributed by atoms with Crippen molar-refractivity contribution in [2.45, 2.75) is 26.8 Å². The molecule has 0 aliphatic carbocycles. The van der Waals surface area contributed by atoms with E-state index in [0.717, 1.165) is 17.0 Å². The standard InChI is InChI=1S/C14H18N4/c1-9-5-4-6-12(11(9)3)14(18-15)13-8-16-10(2)7-17-13/h4-8,14,18H,15H2,1-3H3. The van der Waals surface area contributed by atoms with Gasteiger partial charge in [0.15, 0.2) is 0 Å². The van der Waals surface area contributed by atoms with Crippen LogP contribution >= 0.6 is 0 Å². The van der Waals surface area contributed by atoms with Crippen molar-refractivity contribution in [3.8, 4) is 0 Å². The van der Waals surface area contributed by atoms with Crippen LogP contribution in [0.4, 0.5) is 0 Å². The minimum atomic E-state index is -0.127. The minimum absolute atomic E-state index is 0.127. The minimum Gasteiger partial charge on any atom is -0.271 e. The Hall–Kier alpha value is -1.78. The normalized spacial score (nSPS) is 12.4. The first kappa shape index (κ1) is 12.7. The van der Waals surface area contributed by atoms with Gasteiger partial charge in [-0.15, -0.1) is 0 Å². The summed E-state index contributed by atoms with van der Waals surface area (Å²) in [6.07, 6.45) is 3.52. The first-order chi connectivity index (χ1) is 8.63. The maximum Gasteiger partial charge on any atom is 0.0899 e. The van der Waals surface area contributed by atoms with Gasteiger partial charge in [0.05, 0.1) is 23.6 Å². The first-order valence-corrected chi connectivity index (χ1v) is 5.94. The Morgan fingerprint density at radius 2 is 1.89 bits per heavy atom. The number of rotatable bonds is 3. The van der Waals surface area contributed by atoms with E-state index in [0.29, 0.717) is 0 Å². The van der Waals surface area contributed by atoms with Gasteiger partial charge in [-0.1, -0.05) is 18.2 Å². The highest BCUT2D eigenvalue weighted by Crippen LogP contribution is 2.24. The molecule has 0 saturated heterocycles. The Bertz CT molecular complexity index is 534. The van der Waals surface area contributed by atoms with Gasteiger partial charge in [-0.3, -0.25) is 15.8 Å². The molecule has 4 heteroatoms. The Morgan fingerprint density at radius 1 is 1.11 bits per heavy atom. The SMILES string of the molecule is Cc1cnc(C(NN)c2cccc(C)c2C)cn1. The molecule has 2 aromatic rings. The second-order valence-electron chi connectivity index (χ2n) is 4.47. The Labute approximate surface area is 107 Å². The van der Waals surface area contributed by atoms with Crippen molar-refractivity contribution in [1.82, 2.24) is 15.4 Å². The molecular weight excluding hydrogens is 224 g/mol. The molecule has 18 heavy (non-hydrogen) atoms. The third-order valence-electron chi connectivity index (χ3n) is 3.22. The maximum atomic E-state index is 5.68. The van der Waals surface area contributed by atoms with Crippen molar-refractivity contribution in [2.24, 2.45) is 5.84 Å². The van der Waals surface area contributed by atoms with Gasteiger partial charge >= 0.3 is 0 Å². The maximum absolute atomic E-state index is 5.68. The number of benzene rings is 1. The average molecular weight is 242 g/mol. The Kier molecular flexibility index (Phi) is 3.69. The molecule has 1 heterocycles. The Balaban J connectivity index is 2.45. The largest absolute Gasteiger partial charge is 0.271 e. The summed E-state index contributed by atoms with van der Waals surface area (Å²) in [5.74, 6) is 5.68. The molecule has 0 bridgehead atoms. The molecule has 0 amide bonds. The van der Waals surface area contributed by atoms with Crippen molar-refractivity contribution < 1.29 is 0 Å². The van der Waals surface area contributed by atoms with Crippen LogP contribution in [0.3, 0.4) is 0 Å². The first-order valence-electron chi connectivity index (χ1n) is 5.94. The van der Waals surface area contributed by atoms with Crippen LogP contribution in [-0.4, -0.2) is 9.97 Å². The lowest BCUT2D eigenvalue weighted by molar-refractivity contribution is 0.613. The lowest BCUT2D eigenvalue weighted by Crippen LogP contribution is -2.30. The highest BCUT2D eigenvalue weighted by Gasteiger charge is 2.16. The lowest BCUT2D eigenvalue weighted by Gasteiger charge is -2.19. The highest BCUT2D eigenvalue weighted by molar-refractivity contribution is 5.38. The number of aryl methyl sites for hydroxylation is 2. The highest BCUT2D eigenvalue weighted by atomic mass is 15.2. The summed E-state index contributed by atoms with van der Waals surface area (Å²) < 4.78 is 0. The zero-order valence-corrected chi connectivity index (χ0v) is 10.9. The molecule has 94 valence electrons. The molecule has 4 nitrogen and oxygen atoms in total. The molecule has 2 rings (SSSR count). The van der Waals surface area contributed by atoms with Gasteiger partial charge in [-0.2, -0.15) is 0 Å². The number of nitrogens with zero attached hydrogens (tertiary/aromatic N) is 2. The van der Waals surface area contributed by atoms with Crippen LogP contribution in [0.25, 0.3) is 0 Å². The second kappa shape index (κ2) is 5.25. The molecule has 1 aromatic carbocycles. The Morgan fingerprint density at radius 3 is 2.50 bits per heavy atom. The van der Waals surface area contributed by atoms with Crippen LogP contribution in [-0.2, 0) is 0 Å². The van der Waals surface area contributed by atoms with E-state index in [2.05, 4.69) is 41.4 Å². The van der Waals surface area contributed by atoms with Crippen LogP contribution in [0.15, 0.2) is 30.6 Å². The fourth-order valence-electron chi connectivity index (χ4n) is 1.97. The second-order valence-corrected chi connectivity index (χ2v) is 4.47. The molecule has 0 spiro atoms. The predicted molar refractivity (Wildman–Crippen MR) is 71.9 cm³/mol. The van der Waals surface area contributed by atoms with Crippen molar-refractivity contribution >= 4 is 0 Å². The van der Waals surface area contributed by atoms with Crippen LogP contribution in [0.1, 0.15) is 34.1 Å². The molecule has 0 radical (unpaired) electrons. The van der Waals surface area contributed by atoms with Gasteiger partial charge in [0.25, 0.3) is 0 Å². The molecule has 1 unspecified atom stereocenters. The quantitative estimate of drug-likeness (QED) is 0.638. The van der Waals surface area contributed by atoms with Gasteiger partial charge in [0, 0.05) is 6.20 Å². The summed E-state index contributed by atoms with van der Waals surface area (Å²) in [4.78, 5) is 8.66. The van der Waals surface area contributed by atoms with Crippen molar-refractivity contribution in [3.63, 3.8) is 0 Å². The molecule has 0 aliphatic heterocycles. The van der Waals surface area contributed by atoms with Gasteiger partial charge in [-0.05, 0) is 37.5 Å². The smallest absolute Gasteiger partial charge is 0.0899 e. The van der Waals surface area contributed by atoms with Gasteiger partial charge in [0.2, 0.25) is 0 Å². The zero-order valence-electron chi connectivity index (χ0n) is 10.9. The summed E-state index contributed by atoms with van der Waals surface area (Å²) in [6, 6.07) is 6.06. The number of nitrogens with one attached hydrogen (secondary N) is 1. The van der Waals surface area contributed by atoms with Crippen molar-refractivity contribution in [1.29, 1.82) is 0 Å². The van der Waals surface area contributed by atoms with E-state index in [1.54, 1.807) is 12.4 Å². The van der Waals surface area contributed by atoms with E-state index in [-0.39, 0.29) is 6.04 Å². The van der Waals surface area contributed by atoms with Gasteiger partial charge in [0.1, 0.15) is 0 Å². The van der Waals surface area contributed by atoms with E-state index < -0.39 is 0 Å². The van der Waals surface area contributed by atoms with E-state index in [4.69, 9.17) is 5.84 Å². The van der Waals surface area contributed by atoms with E-state index in [1.165, 1.54) is 11.1 Å². The number of nitrogens with two attached hydrogens (primary N) is 1. The lowest BCUT2D eigenvalue weighted by atomic mass is 9.96. The monoisotopic (exact) mass is 242 g/mol. The van der Waals surface area contributed by atoms with Crippen molar-refractivity contribution in [3.05, 3.63) is 58.7 Å². The molecule has 0 fully saturated rings. The number of hydrogen-bond donors (Lipinski definition) is 2. The summed E-state index contributed by atoms with van der Waals surface area (Å²) in [5.41, 5.74) is 8.15. The molecule has 0 aliphatic rings. The van der Waals surface area contributed by atoms with E-state index >= 15 is 0 Å². The fraction of sp³-hybridized carbons (Fsp3) is 0.286. The number of hydrazine groups is 1. The molecular formula is C14H18N4. The van der Waals surface area contributed by atoms with Gasteiger partial charge in [-0.25, -0.2) is 5.43 Å². The number of hydrogen-bond acceptors (Lipinski definition) is 4. The predicted octanol–water partition coefficient (Wildman–Crippen LogP) is 1.95. The van der Waals surface area contributed by atoms with Crippen LogP contribution in [0.5, 0.6) is 0 Å². The zero-order chi connectivity index (χ0) is 13.1. The van der Waals surface area contributed by atoms with Crippen LogP contribution in [0.2, 0.25) is 0 Å². The topological polar surface area (TPSA) is 63.8 Å². The molecule has 0 saturated carbocycles. The van der Waals surface area contributed by atoms with Crippen LogP contribution in [0, 0.1) is 20.8 Å². The summed E-state index contributed by atoms with van der Waals surface area (Å²) >= 11 is 0. The summed E-state index contributed by atoms with van der Waals surface area (Å²) in [7, 11) is 0. The molecule has 1 atom stereocenters. The summed E-state index contributed by atoms with van der Waals surface area (Å²) in [5, 5.41) is 0. The summed E-state index contributed by atoms with van der Waals surface area (Å²) in [6.45, 7) is 6.10.